The van der Waals surface area contributed by atoms with E-state index in [-0.39, 0.29) is 0 Å². The second-order valence-electron chi connectivity index (χ2n) is 5.53. The predicted molar refractivity (Wildman–Crippen MR) is 68.6 cm³/mol. The molecule has 0 radical (unpaired) electrons. The Bertz CT molecular complexity index is 380. The Morgan fingerprint density at radius 2 is 1.22 bits per heavy atom. The van der Waals surface area contributed by atoms with Crippen LogP contribution in [0.5, 0.6) is 0 Å². The van der Waals surface area contributed by atoms with Crippen molar-refractivity contribution in [1.29, 1.82) is 0 Å². The molecule has 0 aliphatic carbocycles. The van der Waals surface area contributed by atoms with Gasteiger partial charge in [-0.05, 0) is 0 Å². The summed E-state index contributed by atoms with van der Waals surface area (Å²) in [6.45, 7) is -1.34. The summed E-state index contributed by atoms with van der Waals surface area (Å²) in [5, 5.41) is 76.8. The molecular formula is C12H22O11. The van der Waals surface area contributed by atoms with Gasteiger partial charge in [0.05, 0.1) is 13.2 Å². The zero-order chi connectivity index (χ0) is 17.3. The fourth-order valence-corrected chi connectivity index (χ4v) is 2.56. The van der Waals surface area contributed by atoms with Crippen LogP contribution >= 0.6 is 0 Å². The molecule has 2 aliphatic heterocycles. The predicted octanol–water partition coefficient (Wildman–Crippen LogP) is -5.40. The van der Waals surface area contributed by atoms with Crippen LogP contribution in [0.3, 0.4) is 0 Å². The lowest BCUT2D eigenvalue weighted by atomic mass is 9.97. The maximum absolute atomic E-state index is 10.00. The second kappa shape index (κ2) is 7.63. The molecule has 2 fully saturated rings. The highest BCUT2D eigenvalue weighted by Gasteiger charge is 2.50. The number of rotatable bonds is 4. The van der Waals surface area contributed by atoms with E-state index in [0.29, 0.717) is 0 Å². The van der Waals surface area contributed by atoms with Crippen molar-refractivity contribution in [1.82, 2.24) is 0 Å². The lowest BCUT2D eigenvalue weighted by Gasteiger charge is -2.45. The van der Waals surface area contributed by atoms with Crippen molar-refractivity contribution in [2.24, 2.45) is 0 Å². The molecule has 0 aromatic heterocycles. The van der Waals surface area contributed by atoms with Crippen molar-refractivity contribution in [3.8, 4) is 0 Å². The summed E-state index contributed by atoms with van der Waals surface area (Å²) in [5.41, 5.74) is 0. The highest BCUT2D eigenvalue weighted by Crippen LogP contribution is 2.28. The zero-order valence-electron chi connectivity index (χ0n) is 12.0. The normalized spacial score (nSPS) is 51.7. The van der Waals surface area contributed by atoms with E-state index in [1.807, 2.05) is 0 Å². The van der Waals surface area contributed by atoms with E-state index < -0.39 is 74.6 Å². The molecule has 0 aromatic rings. The molecule has 8 N–H and O–H groups in total. The molecule has 2 saturated heterocycles. The molecule has 0 aromatic carbocycles. The Morgan fingerprint density at radius 3 is 1.78 bits per heavy atom. The summed E-state index contributed by atoms with van der Waals surface area (Å²) in [6.07, 6.45) is -15.7. The fourth-order valence-electron chi connectivity index (χ4n) is 2.56. The largest absolute Gasteiger partial charge is 0.394 e. The average Bonchev–Trinajstić information content (AvgIpc) is 2.54. The monoisotopic (exact) mass is 342 g/mol. The van der Waals surface area contributed by atoms with Gasteiger partial charge in [-0.25, -0.2) is 0 Å². The zero-order valence-corrected chi connectivity index (χ0v) is 12.0. The fraction of sp³-hybridized carbons (Fsp3) is 1.00. The highest BCUT2D eigenvalue weighted by atomic mass is 16.7. The van der Waals surface area contributed by atoms with E-state index in [0.717, 1.165) is 0 Å². The first-order valence-corrected chi connectivity index (χ1v) is 7.08. The van der Waals surface area contributed by atoms with Crippen LogP contribution in [0.15, 0.2) is 0 Å². The van der Waals surface area contributed by atoms with Crippen molar-refractivity contribution in [3.05, 3.63) is 0 Å². The molecule has 23 heavy (non-hydrogen) atoms. The molecule has 0 spiro atoms. The third kappa shape index (κ3) is 3.65. The number of aliphatic hydroxyl groups excluding tert-OH is 8. The van der Waals surface area contributed by atoms with Crippen molar-refractivity contribution < 1.29 is 55.1 Å². The number of hydrogen-bond donors (Lipinski definition) is 8. The minimum atomic E-state index is -1.76. The summed E-state index contributed by atoms with van der Waals surface area (Å²) < 4.78 is 15.1. The molecule has 0 bridgehead atoms. The Balaban J connectivity index is 2.11. The van der Waals surface area contributed by atoms with Gasteiger partial charge in [-0.3, -0.25) is 0 Å². The van der Waals surface area contributed by atoms with Crippen molar-refractivity contribution in [2.45, 2.75) is 61.4 Å². The lowest BCUT2D eigenvalue weighted by Crippen LogP contribution is -2.64. The summed E-state index contributed by atoms with van der Waals surface area (Å²) in [7, 11) is 0. The van der Waals surface area contributed by atoms with Gasteiger partial charge in [-0.2, -0.15) is 0 Å². The quantitative estimate of drug-likeness (QED) is 0.243. The van der Waals surface area contributed by atoms with Crippen LogP contribution in [0.25, 0.3) is 0 Å². The Labute approximate surface area is 130 Å². The van der Waals surface area contributed by atoms with E-state index in [9.17, 15) is 30.6 Å². The van der Waals surface area contributed by atoms with Crippen LogP contribution in [-0.2, 0) is 14.2 Å². The third-order valence-electron chi connectivity index (χ3n) is 3.98. The van der Waals surface area contributed by atoms with Crippen LogP contribution in [0, 0.1) is 0 Å². The summed E-state index contributed by atoms with van der Waals surface area (Å²) >= 11 is 0. The van der Waals surface area contributed by atoms with Gasteiger partial charge in [0.1, 0.15) is 48.8 Å². The highest BCUT2D eigenvalue weighted by molar-refractivity contribution is 4.93. The molecule has 2 rings (SSSR count). The van der Waals surface area contributed by atoms with Crippen molar-refractivity contribution in [2.75, 3.05) is 13.2 Å². The van der Waals surface area contributed by atoms with E-state index in [2.05, 4.69) is 0 Å². The smallest absolute Gasteiger partial charge is 0.187 e. The molecule has 10 atom stereocenters. The second-order valence-corrected chi connectivity index (χ2v) is 5.53. The minimum Gasteiger partial charge on any atom is -0.394 e. The molecule has 0 amide bonds. The molecule has 2 heterocycles. The van der Waals surface area contributed by atoms with Gasteiger partial charge in [-0.1, -0.05) is 0 Å². The van der Waals surface area contributed by atoms with Crippen LogP contribution in [0.4, 0.5) is 0 Å². The molecule has 11 nitrogen and oxygen atoms in total. The maximum atomic E-state index is 10.00. The third-order valence-corrected chi connectivity index (χ3v) is 3.98. The summed E-state index contributed by atoms with van der Waals surface area (Å²) in [5.74, 6) is 0. The van der Waals surface area contributed by atoms with Gasteiger partial charge in [0.25, 0.3) is 0 Å². The van der Waals surface area contributed by atoms with Crippen LogP contribution < -0.4 is 0 Å². The van der Waals surface area contributed by atoms with E-state index >= 15 is 0 Å². The van der Waals surface area contributed by atoms with Crippen LogP contribution in [-0.4, -0.2) is 115 Å². The first-order valence-electron chi connectivity index (χ1n) is 7.08. The molecule has 11 heteroatoms. The molecular weight excluding hydrogens is 320 g/mol. The minimum absolute atomic E-state index is 0.667. The lowest BCUT2D eigenvalue weighted by molar-refractivity contribution is -0.355. The SMILES string of the molecule is OC[C@@H]1O[C@@H](O[C@@H]2[C@@H](O)[C@H](O)O[C@@H](CO)[C@H]2O)[C@H](O)[C@@H](O)[C@@H]1O. The van der Waals surface area contributed by atoms with Crippen molar-refractivity contribution in [3.63, 3.8) is 0 Å². The van der Waals surface area contributed by atoms with Crippen LogP contribution in [0.2, 0.25) is 0 Å². The molecule has 0 saturated carbocycles. The Kier molecular flexibility index (Phi) is 6.27. The van der Waals surface area contributed by atoms with Gasteiger partial charge in [0, 0.05) is 0 Å². The van der Waals surface area contributed by atoms with Gasteiger partial charge >= 0.3 is 0 Å². The summed E-state index contributed by atoms with van der Waals surface area (Å²) in [4.78, 5) is 0. The number of hydrogen-bond acceptors (Lipinski definition) is 11. The van der Waals surface area contributed by atoms with E-state index in [1.54, 1.807) is 0 Å². The van der Waals surface area contributed by atoms with Gasteiger partial charge in [-0.15, -0.1) is 0 Å². The Hall–Kier alpha value is -0.440. The van der Waals surface area contributed by atoms with Crippen LogP contribution in [0.1, 0.15) is 0 Å². The van der Waals surface area contributed by atoms with E-state index in [1.165, 1.54) is 0 Å². The maximum Gasteiger partial charge on any atom is 0.187 e. The first kappa shape index (κ1) is 18.9. The van der Waals surface area contributed by atoms with E-state index in [4.69, 9.17) is 24.4 Å². The van der Waals surface area contributed by atoms with Gasteiger partial charge in [0.2, 0.25) is 0 Å². The standard InChI is InChI=1S/C12H22O11/c13-1-3-5(15)7(17)8(18)12(22-3)23-10-6(16)4(2-14)21-11(20)9(10)19/h3-20H,1-2H2/t3-,4-,5+,6+,7-,8+,9+,10-,11+,12-/m0/s1. The topological polar surface area (TPSA) is 190 Å². The molecule has 2 aliphatic rings. The van der Waals surface area contributed by atoms with Gasteiger partial charge in [0.15, 0.2) is 12.6 Å². The summed E-state index contributed by atoms with van der Waals surface area (Å²) in [6, 6.07) is 0. The molecule has 136 valence electrons. The van der Waals surface area contributed by atoms with Crippen molar-refractivity contribution >= 4 is 0 Å². The average molecular weight is 342 g/mol. The molecule has 0 unspecified atom stereocenters. The number of ether oxygens (including phenoxy) is 3. The van der Waals surface area contributed by atoms with Gasteiger partial charge < -0.3 is 55.1 Å². The Morgan fingerprint density at radius 1 is 0.652 bits per heavy atom. The first-order chi connectivity index (χ1) is 10.8. The number of aliphatic hydroxyl groups is 8.